The number of rotatable bonds is 9. The third-order valence-electron chi connectivity index (χ3n) is 6.32. The van der Waals surface area contributed by atoms with Crippen LogP contribution in [0.5, 0.6) is 11.5 Å². The number of carbonyl (C=O) groups excluding carboxylic acids is 1. The van der Waals surface area contributed by atoms with Crippen LogP contribution < -0.4 is 9.47 Å². The van der Waals surface area contributed by atoms with Crippen LogP contribution in [0, 0.1) is 5.41 Å². The van der Waals surface area contributed by atoms with Crippen LogP contribution in [0.15, 0.2) is 42.9 Å². The van der Waals surface area contributed by atoms with Crippen molar-refractivity contribution >= 4 is 11.6 Å². The van der Waals surface area contributed by atoms with E-state index in [2.05, 4.69) is 17.0 Å². The normalized spacial score (nSPS) is 19.1. The Balaban J connectivity index is 1.39. The van der Waals surface area contributed by atoms with Crippen molar-refractivity contribution in [3.8, 4) is 11.5 Å². The standard InChI is InChI=1S/C25H30N4O5/c1-25(15-32-16-25)17-34-22-11-18(6-7-21(22)31-2)13-28(14-19-5-3-10-33-19)24(30)20-12-27-29-9-4-8-26-23(20)29/h4,6-9,11-12,19H,3,5,10,13-17H2,1-2H3/t19-/m0/s1. The first-order chi connectivity index (χ1) is 16.5. The van der Waals surface area contributed by atoms with Gasteiger partial charge in [-0.25, -0.2) is 9.50 Å². The molecule has 9 nitrogen and oxygen atoms in total. The maximum Gasteiger partial charge on any atom is 0.259 e. The monoisotopic (exact) mass is 466 g/mol. The Morgan fingerprint density at radius 1 is 1.32 bits per heavy atom. The molecule has 0 N–H and O–H groups in total. The van der Waals surface area contributed by atoms with Crippen LogP contribution in [0.25, 0.3) is 5.65 Å². The van der Waals surface area contributed by atoms with E-state index in [-0.39, 0.29) is 17.4 Å². The molecule has 0 bridgehead atoms. The lowest BCUT2D eigenvalue weighted by atomic mass is 9.90. The third-order valence-corrected chi connectivity index (χ3v) is 6.32. The van der Waals surface area contributed by atoms with Crippen molar-refractivity contribution in [2.24, 2.45) is 5.41 Å². The Morgan fingerprint density at radius 3 is 2.94 bits per heavy atom. The van der Waals surface area contributed by atoms with E-state index in [4.69, 9.17) is 18.9 Å². The zero-order valence-electron chi connectivity index (χ0n) is 19.6. The van der Waals surface area contributed by atoms with E-state index in [0.717, 1.165) is 25.0 Å². The lowest BCUT2D eigenvalue weighted by Gasteiger charge is -2.37. The van der Waals surface area contributed by atoms with Gasteiger partial charge in [0.05, 0.1) is 39.2 Å². The zero-order chi connectivity index (χ0) is 23.5. The average Bonchev–Trinajstić information content (AvgIpc) is 3.51. The van der Waals surface area contributed by atoms with Crippen molar-refractivity contribution in [2.45, 2.75) is 32.4 Å². The number of ether oxygens (including phenoxy) is 4. The fourth-order valence-corrected chi connectivity index (χ4v) is 4.34. The predicted octanol–water partition coefficient (Wildman–Crippen LogP) is 2.97. The summed E-state index contributed by atoms with van der Waals surface area (Å²) in [4.78, 5) is 19.8. The van der Waals surface area contributed by atoms with Crippen LogP contribution in [0.1, 0.15) is 35.7 Å². The number of methoxy groups -OCH3 is 1. The number of fused-ring (bicyclic) bond motifs is 1. The Labute approximate surface area is 198 Å². The lowest BCUT2D eigenvalue weighted by Crippen LogP contribution is -2.44. The molecule has 1 atom stereocenters. The second kappa shape index (κ2) is 9.60. The molecule has 34 heavy (non-hydrogen) atoms. The third kappa shape index (κ3) is 4.71. The van der Waals surface area contributed by atoms with E-state index in [1.807, 2.05) is 23.1 Å². The van der Waals surface area contributed by atoms with Gasteiger partial charge in [-0.2, -0.15) is 5.10 Å². The van der Waals surface area contributed by atoms with Crippen LogP contribution in [0.2, 0.25) is 0 Å². The van der Waals surface area contributed by atoms with Crippen molar-refractivity contribution in [1.82, 2.24) is 19.5 Å². The maximum absolute atomic E-state index is 13.6. The maximum atomic E-state index is 13.6. The molecular weight excluding hydrogens is 436 g/mol. The summed E-state index contributed by atoms with van der Waals surface area (Å²) in [6.45, 7) is 5.69. The Hall–Kier alpha value is -3.17. The van der Waals surface area contributed by atoms with Gasteiger partial charge in [-0.15, -0.1) is 0 Å². The van der Waals surface area contributed by atoms with Crippen LogP contribution in [0.4, 0.5) is 0 Å². The fraction of sp³-hybridized carbons (Fsp3) is 0.480. The van der Waals surface area contributed by atoms with Crippen LogP contribution in [0.3, 0.4) is 0 Å². The molecule has 1 aromatic carbocycles. The molecule has 2 saturated heterocycles. The SMILES string of the molecule is COc1ccc(CN(C[C@@H]2CCCO2)C(=O)c2cnn3cccnc23)cc1OCC1(C)COC1. The molecular formula is C25H30N4O5. The van der Waals surface area contributed by atoms with Crippen molar-refractivity contribution in [2.75, 3.05) is 40.1 Å². The summed E-state index contributed by atoms with van der Waals surface area (Å²) in [6, 6.07) is 7.58. The number of nitrogens with zero attached hydrogens (tertiary/aromatic N) is 4. The van der Waals surface area contributed by atoms with Gasteiger partial charge in [0, 0.05) is 37.5 Å². The minimum atomic E-state index is -0.124. The molecule has 9 heteroatoms. The van der Waals surface area contributed by atoms with Gasteiger partial charge in [0.1, 0.15) is 5.56 Å². The van der Waals surface area contributed by atoms with E-state index in [1.54, 1.807) is 36.3 Å². The number of aromatic nitrogens is 3. The molecule has 5 rings (SSSR count). The number of benzene rings is 1. The molecule has 1 amide bonds. The first-order valence-electron chi connectivity index (χ1n) is 11.6. The quantitative estimate of drug-likeness (QED) is 0.479. The second-order valence-electron chi connectivity index (χ2n) is 9.34. The summed E-state index contributed by atoms with van der Waals surface area (Å²) >= 11 is 0. The molecule has 0 aliphatic carbocycles. The minimum Gasteiger partial charge on any atom is -0.493 e. The summed E-state index contributed by atoms with van der Waals surface area (Å²) in [5, 5.41) is 4.29. The topological polar surface area (TPSA) is 87.4 Å². The number of carbonyl (C=O) groups is 1. The fourth-order valence-electron chi connectivity index (χ4n) is 4.34. The number of hydrogen-bond acceptors (Lipinski definition) is 7. The first kappa shape index (κ1) is 22.6. The van der Waals surface area contributed by atoms with E-state index in [0.29, 0.717) is 55.6 Å². The summed E-state index contributed by atoms with van der Waals surface area (Å²) in [7, 11) is 1.63. The first-order valence-corrected chi connectivity index (χ1v) is 11.6. The van der Waals surface area contributed by atoms with Gasteiger partial charge in [0.25, 0.3) is 5.91 Å². The number of amides is 1. The summed E-state index contributed by atoms with van der Waals surface area (Å²) in [6.07, 6.45) is 6.99. The Bertz CT molecular complexity index is 1150. The summed E-state index contributed by atoms with van der Waals surface area (Å²) < 4.78 is 24.4. The van der Waals surface area contributed by atoms with E-state index in [9.17, 15) is 4.79 Å². The highest BCUT2D eigenvalue weighted by Gasteiger charge is 2.34. The van der Waals surface area contributed by atoms with Gasteiger partial charge >= 0.3 is 0 Å². The van der Waals surface area contributed by atoms with Gasteiger partial charge in [0.15, 0.2) is 17.1 Å². The van der Waals surface area contributed by atoms with Crippen LogP contribution >= 0.6 is 0 Å². The summed E-state index contributed by atoms with van der Waals surface area (Å²) in [5.74, 6) is 1.20. The Kier molecular flexibility index (Phi) is 6.38. The lowest BCUT2D eigenvalue weighted by molar-refractivity contribution is -0.120. The molecule has 0 spiro atoms. The van der Waals surface area contributed by atoms with Crippen LogP contribution in [-0.4, -0.2) is 71.6 Å². The Morgan fingerprint density at radius 2 is 2.21 bits per heavy atom. The summed E-state index contributed by atoms with van der Waals surface area (Å²) in [5.41, 5.74) is 1.97. The molecule has 2 aromatic heterocycles. The molecule has 2 aliphatic rings. The highest BCUT2D eigenvalue weighted by Crippen LogP contribution is 2.33. The van der Waals surface area contributed by atoms with Gasteiger partial charge < -0.3 is 23.8 Å². The predicted molar refractivity (Wildman–Crippen MR) is 124 cm³/mol. The highest BCUT2D eigenvalue weighted by atomic mass is 16.5. The largest absolute Gasteiger partial charge is 0.493 e. The van der Waals surface area contributed by atoms with E-state index < -0.39 is 0 Å². The molecule has 0 saturated carbocycles. The smallest absolute Gasteiger partial charge is 0.259 e. The van der Waals surface area contributed by atoms with Crippen molar-refractivity contribution in [3.05, 3.63) is 54.0 Å². The van der Waals surface area contributed by atoms with Crippen molar-refractivity contribution in [1.29, 1.82) is 0 Å². The van der Waals surface area contributed by atoms with Gasteiger partial charge in [-0.3, -0.25) is 4.79 Å². The van der Waals surface area contributed by atoms with Crippen LogP contribution in [-0.2, 0) is 16.0 Å². The van der Waals surface area contributed by atoms with E-state index >= 15 is 0 Å². The molecule has 2 aliphatic heterocycles. The molecule has 2 fully saturated rings. The van der Waals surface area contributed by atoms with Gasteiger partial charge in [0.2, 0.25) is 0 Å². The van der Waals surface area contributed by atoms with E-state index in [1.165, 1.54) is 0 Å². The highest BCUT2D eigenvalue weighted by molar-refractivity contribution is 5.99. The molecule has 0 unspecified atom stereocenters. The molecule has 4 heterocycles. The molecule has 180 valence electrons. The molecule has 3 aromatic rings. The number of hydrogen-bond donors (Lipinski definition) is 0. The van der Waals surface area contributed by atoms with Crippen molar-refractivity contribution in [3.63, 3.8) is 0 Å². The minimum absolute atomic E-state index is 0.0132. The van der Waals surface area contributed by atoms with Crippen molar-refractivity contribution < 1.29 is 23.7 Å². The zero-order valence-corrected chi connectivity index (χ0v) is 19.6. The molecule has 0 radical (unpaired) electrons. The van der Waals surface area contributed by atoms with Gasteiger partial charge in [-0.05, 0) is 36.6 Å². The average molecular weight is 467 g/mol. The van der Waals surface area contributed by atoms with Gasteiger partial charge in [-0.1, -0.05) is 13.0 Å². The second-order valence-corrected chi connectivity index (χ2v) is 9.34.